The summed E-state index contributed by atoms with van der Waals surface area (Å²) >= 11 is 3.09. The zero-order chi connectivity index (χ0) is 18.8. The number of aryl methyl sites for hydroxylation is 1. The number of thioether (sulfide) groups is 1. The fourth-order valence-electron chi connectivity index (χ4n) is 3.33. The second-order valence-corrected chi connectivity index (χ2v) is 9.10. The molecule has 1 amide bonds. The highest BCUT2D eigenvalue weighted by Gasteiger charge is 2.23. The Morgan fingerprint density at radius 2 is 2.23 bits per heavy atom. The van der Waals surface area contributed by atoms with Gasteiger partial charge in [0, 0.05) is 18.0 Å². The van der Waals surface area contributed by atoms with Crippen LogP contribution in [0.4, 0.5) is 5.82 Å². The summed E-state index contributed by atoms with van der Waals surface area (Å²) in [4.78, 5) is 25.7. The first kappa shape index (κ1) is 19.2. The van der Waals surface area contributed by atoms with Crippen molar-refractivity contribution in [2.45, 2.75) is 45.2 Å². The fourth-order valence-corrected chi connectivity index (χ4v) is 5.54. The van der Waals surface area contributed by atoms with Gasteiger partial charge in [0.05, 0.1) is 11.1 Å². The molecule has 1 atom stereocenters. The van der Waals surface area contributed by atoms with Gasteiger partial charge in [0.1, 0.15) is 10.6 Å². The molecule has 0 unspecified atom stereocenters. The number of amides is 1. The number of carbonyl (C=O) groups is 1. The predicted molar refractivity (Wildman–Crippen MR) is 111 cm³/mol. The van der Waals surface area contributed by atoms with Crippen molar-refractivity contribution in [1.82, 2.24) is 14.9 Å². The summed E-state index contributed by atoms with van der Waals surface area (Å²) < 4.78 is 0. The van der Waals surface area contributed by atoms with Crippen LogP contribution in [0.15, 0.2) is 17.3 Å². The zero-order valence-electron chi connectivity index (χ0n) is 15.7. The van der Waals surface area contributed by atoms with E-state index in [2.05, 4.69) is 23.5 Å². The number of hydrogen-bond acceptors (Lipinski definition) is 6. The van der Waals surface area contributed by atoms with Gasteiger partial charge >= 0.3 is 0 Å². The van der Waals surface area contributed by atoms with Gasteiger partial charge in [-0.3, -0.25) is 4.79 Å². The van der Waals surface area contributed by atoms with E-state index in [9.17, 15) is 4.79 Å². The van der Waals surface area contributed by atoms with Gasteiger partial charge in [-0.2, -0.15) is 0 Å². The van der Waals surface area contributed by atoms with Gasteiger partial charge in [-0.1, -0.05) is 30.8 Å². The highest BCUT2D eigenvalue weighted by atomic mass is 32.2. The highest BCUT2D eigenvalue weighted by molar-refractivity contribution is 7.99. The van der Waals surface area contributed by atoms with Crippen LogP contribution in [-0.2, 0) is 17.6 Å². The molecule has 5 nitrogen and oxygen atoms in total. The summed E-state index contributed by atoms with van der Waals surface area (Å²) in [7, 11) is 0. The second kappa shape index (κ2) is 7.96. The average molecular weight is 391 g/mol. The Labute approximate surface area is 163 Å². The van der Waals surface area contributed by atoms with Crippen molar-refractivity contribution in [3.63, 3.8) is 0 Å². The molecule has 0 bridgehead atoms. The first-order chi connectivity index (χ1) is 12.4. The summed E-state index contributed by atoms with van der Waals surface area (Å²) in [6, 6.07) is 0. The molecule has 140 valence electrons. The number of aromatic nitrogens is 2. The molecule has 0 saturated carbocycles. The third-order valence-electron chi connectivity index (χ3n) is 4.68. The SMILES string of the molecule is C=C(C)CN(CC)C(=O)CSc1nc(N)c2c3c(sc2n1)C[C@H](C)CC3. The predicted octanol–water partition coefficient (Wildman–Crippen LogP) is 3.92. The monoisotopic (exact) mass is 390 g/mol. The normalized spacial score (nSPS) is 16.5. The molecule has 0 fully saturated rings. The van der Waals surface area contributed by atoms with Crippen molar-refractivity contribution in [3.8, 4) is 0 Å². The van der Waals surface area contributed by atoms with Crippen LogP contribution in [-0.4, -0.2) is 39.6 Å². The summed E-state index contributed by atoms with van der Waals surface area (Å²) in [6.07, 6.45) is 3.35. The second-order valence-electron chi connectivity index (χ2n) is 7.08. The molecule has 0 aliphatic heterocycles. The molecule has 2 aromatic rings. The Morgan fingerprint density at radius 1 is 1.46 bits per heavy atom. The number of nitrogen functional groups attached to an aromatic ring is 1. The number of nitrogens with zero attached hydrogens (tertiary/aromatic N) is 3. The van der Waals surface area contributed by atoms with Crippen LogP contribution in [0.5, 0.6) is 0 Å². The van der Waals surface area contributed by atoms with Crippen LogP contribution < -0.4 is 5.73 Å². The summed E-state index contributed by atoms with van der Waals surface area (Å²) in [5.41, 5.74) is 8.57. The van der Waals surface area contributed by atoms with E-state index in [-0.39, 0.29) is 5.91 Å². The Morgan fingerprint density at radius 3 is 2.92 bits per heavy atom. The van der Waals surface area contributed by atoms with E-state index in [4.69, 9.17) is 5.73 Å². The molecule has 2 heterocycles. The van der Waals surface area contributed by atoms with E-state index >= 15 is 0 Å². The van der Waals surface area contributed by atoms with Gasteiger partial charge in [0.25, 0.3) is 0 Å². The highest BCUT2D eigenvalue weighted by Crippen LogP contribution is 2.39. The quantitative estimate of drug-likeness (QED) is 0.460. The van der Waals surface area contributed by atoms with E-state index in [1.807, 2.05) is 13.8 Å². The number of hydrogen-bond donors (Lipinski definition) is 1. The van der Waals surface area contributed by atoms with Crippen molar-refractivity contribution in [3.05, 3.63) is 22.6 Å². The maximum atomic E-state index is 12.4. The third kappa shape index (κ3) is 4.04. The molecule has 7 heteroatoms. The Hall–Kier alpha value is -1.60. The Kier molecular flexibility index (Phi) is 5.87. The van der Waals surface area contributed by atoms with E-state index in [1.54, 1.807) is 16.2 Å². The molecule has 0 saturated heterocycles. The van der Waals surface area contributed by atoms with Crippen molar-refractivity contribution in [2.75, 3.05) is 24.6 Å². The lowest BCUT2D eigenvalue weighted by Crippen LogP contribution is -2.33. The van der Waals surface area contributed by atoms with Gasteiger partial charge in [-0.15, -0.1) is 11.3 Å². The number of rotatable bonds is 6. The van der Waals surface area contributed by atoms with Crippen molar-refractivity contribution < 1.29 is 4.79 Å². The molecule has 2 aromatic heterocycles. The summed E-state index contributed by atoms with van der Waals surface area (Å²) in [6.45, 7) is 11.3. The van der Waals surface area contributed by atoms with Gasteiger partial charge in [0.15, 0.2) is 5.16 Å². The lowest BCUT2D eigenvalue weighted by atomic mass is 9.89. The number of fused-ring (bicyclic) bond motifs is 3. The number of carbonyl (C=O) groups excluding carboxylic acids is 1. The van der Waals surface area contributed by atoms with Crippen molar-refractivity contribution in [1.29, 1.82) is 0 Å². The van der Waals surface area contributed by atoms with Crippen LogP contribution in [0.1, 0.15) is 37.6 Å². The molecule has 3 rings (SSSR count). The number of nitrogens with two attached hydrogens (primary N) is 1. The minimum atomic E-state index is 0.0714. The molecule has 0 radical (unpaired) electrons. The summed E-state index contributed by atoms with van der Waals surface area (Å²) in [5, 5.41) is 1.62. The largest absolute Gasteiger partial charge is 0.383 e. The average Bonchev–Trinajstić information content (AvgIpc) is 2.94. The Bertz CT molecular complexity index is 846. The van der Waals surface area contributed by atoms with Gasteiger partial charge in [-0.05, 0) is 44.6 Å². The van der Waals surface area contributed by atoms with Gasteiger partial charge in [0.2, 0.25) is 5.91 Å². The molecule has 1 aliphatic rings. The first-order valence-electron chi connectivity index (χ1n) is 9.01. The smallest absolute Gasteiger partial charge is 0.233 e. The van der Waals surface area contributed by atoms with Crippen LogP contribution in [0.2, 0.25) is 0 Å². The minimum absolute atomic E-state index is 0.0714. The van der Waals surface area contributed by atoms with Crippen LogP contribution in [0.25, 0.3) is 10.2 Å². The molecule has 2 N–H and O–H groups in total. The Balaban J connectivity index is 1.77. The first-order valence-corrected chi connectivity index (χ1v) is 10.8. The van der Waals surface area contributed by atoms with Gasteiger partial charge in [-0.25, -0.2) is 9.97 Å². The van der Waals surface area contributed by atoms with Crippen LogP contribution in [0, 0.1) is 5.92 Å². The molecule has 26 heavy (non-hydrogen) atoms. The topological polar surface area (TPSA) is 72.1 Å². The van der Waals surface area contributed by atoms with E-state index in [1.165, 1.54) is 28.6 Å². The fraction of sp³-hybridized carbons (Fsp3) is 0.526. The van der Waals surface area contributed by atoms with Crippen molar-refractivity contribution in [2.24, 2.45) is 5.92 Å². The minimum Gasteiger partial charge on any atom is -0.383 e. The van der Waals surface area contributed by atoms with E-state index in [0.29, 0.717) is 35.7 Å². The maximum Gasteiger partial charge on any atom is 0.233 e. The number of likely N-dealkylation sites (N-methyl/N-ethyl adjacent to an activating group) is 1. The van der Waals surface area contributed by atoms with Crippen LogP contribution in [0.3, 0.4) is 0 Å². The molecule has 0 spiro atoms. The molecular formula is C19H26N4OS2. The third-order valence-corrected chi connectivity index (χ3v) is 6.66. The van der Waals surface area contributed by atoms with Crippen LogP contribution >= 0.6 is 23.1 Å². The summed E-state index contributed by atoms with van der Waals surface area (Å²) in [5.74, 6) is 1.65. The number of anilines is 1. The number of thiophene rings is 1. The maximum absolute atomic E-state index is 12.4. The molecule has 0 aromatic carbocycles. The molecule has 1 aliphatic carbocycles. The molecular weight excluding hydrogens is 364 g/mol. The lowest BCUT2D eigenvalue weighted by molar-refractivity contribution is -0.127. The zero-order valence-corrected chi connectivity index (χ0v) is 17.3. The van der Waals surface area contributed by atoms with E-state index < -0.39 is 0 Å². The van der Waals surface area contributed by atoms with Gasteiger partial charge < -0.3 is 10.6 Å². The lowest BCUT2D eigenvalue weighted by Gasteiger charge is -2.20. The van der Waals surface area contributed by atoms with E-state index in [0.717, 1.165) is 28.6 Å². The standard InChI is InChI=1S/C19H26N4OS2/c1-5-23(9-11(2)3)15(24)10-25-19-21-17(20)16-13-7-6-12(4)8-14(13)26-18(16)22-19/h12H,2,5-10H2,1,3-4H3,(H2,20,21,22)/t12-/m1/s1. The van der Waals surface area contributed by atoms with Crippen molar-refractivity contribution >= 4 is 45.0 Å².